The summed E-state index contributed by atoms with van der Waals surface area (Å²) < 4.78 is 7.27. The van der Waals surface area contributed by atoms with Crippen molar-refractivity contribution in [2.75, 3.05) is 12.4 Å². The molecule has 9 heteroatoms. The maximum absolute atomic E-state index is 12.6. The summed E-state index contributed by atoms with van der Waals surface area (Å²) in [7, 11) is 3.28. The van der Waals surface area contributed by atoms with E-state index in [0.717, 1.165) is 12.0 Å². The van der Waals surface area contributed by atoms with Gasteiger partial charge in [-0.3, -0.25) is 19.1 Å². The summed E-state index contributed by atoms with van der Waals surface area (Å²) >= 11 is 0. The summed E-state index contributed by atoms with van der Waals surface area (Å²) in [5.41, 5.74) is 1.67. The fraction of sp³-hybridized carbons (Fsp3) is 0.304. The van der Waals surface area contributed by atoms with Crippen LogP contribution in [0.25, 0.3) is 11.3 Å². The van der Waals surface area contributed by atoms with E-state index < -0.39 is 11.9 Å². The number of nitrogens with one attached hydrogen (secondary N) is 3. The van der Waals surface area contributed by atoms with Gasteiger partial charge in [0.1, 0.15) is 11.8 Å². The Bertz CT molecular complexity index is 1100. The van der Waals surface area contributed by atoms with Crippen molar-refractivity contribution in [1.82, 2.24) is 20.4 Å². The molecule has 0 fully saturated rings. The third kappa shape index (κ3) is 5.23. The second kappa shape index (κ2) is 9.95. The van der Waals surface area contributed by atoms with Crippen LogP contribution in [-0.4, -0.2) is 40.6 Å². The number of furan rings is 1. The number of amides is 3. The van der Waals surface area contributed by atoms with E-state index >= 15 is 0 Å². The number of nitrogens with zero attached hydrogens (tertiary/aromatic N) is 2. The Hall–Kier alpha value is -3.88. The SMILES string of the molecule is CCC(C)[C@H](NC(=O)c1ccc(-c2ccc(NC(=O)c3ccn(C)n3)cc2)o1)C(=O)NC. The summed E-state index contributed by atoms with van der Waals surface area (Å²) in [6, 6.07) is 11.3. The first kappa shape index (κ1) is 22.8. The highest BCUT2D eigenvalue weighted by Crippen LogP contribution is 2.24. The maximum Gasteiger partial charge on any atom is 0.287 e. The molecule has 0 aliphatic heterocycles. The molecule has 0 spiro atoms. The highest BCUT2D eigenvalue weighted by Gasteiger charge is 2.26. The normalized spacial score (nSPS) is 12.6. The van der Waals surface area contributed by atoms with Crippen molar-refractivity contribution >= 4 is 23.4 Å². The van der Waals surface area contributed by atoms with Gasteiger partial charge in [0.15, 0.2) is 11.5 Å². The van der Waals surface area contributed by atoms with Crippen molar-refractivity contribution in [3.8, 4) is 11.3 Å². The zero-order valence-corrected chi connectivity index (χ0v) is 18.5. The summed E-state index contributed by atoms with van der Waals surface area (Å²) in [5.74, 6) is -0.417. The molecule has 0 bridgehead atoms. The van der Waals surface area contributed by atoms with Crippen molar-refractivity contribution in [2.45, 2.75) is 26.3 Å². The molecule has 32 heavy (non-hydrogen) atoms. The van der Waals surface area contributed by atoms with Crippen LogP contribution in [0.2, 0.25) is 0 Å². The number of carbonyl (C=O) groups excluding carboxylic acids is 3. The number of aryl methyl sites for hydroxylation is 1. The molecular weight excluding hydrogens is 410 g/mol. The molecule has 3 N–H and O–H groups in total. The monoisotopic (exact) mass is 437 g/mol. The molecule has 1 unspecified atom stereocenters. The van der Waals surface area contributed by atoms with Crippen molar-refractivity contribution < 1.29 is 18.8 Å². The molecule has 3 amide bonds. The van der Waals surface area contributed by atoms with Crippen molar-refractivity contribution in [3.63, 3.8) is 0 Å². The number of hydrogen-bond donors (Lipinski definition) is 3. The van der Waals surface area contributed by atoms with E-state index in [0.29, 0.717) is 17.1 Å². The first-order valence-corrected chi connectivity index (χ1v) is 10.4. The van der Waals surface area contributed by atoms with E-state index in [1.54, 1.807) is 60.4 Å². The van der Waals surface area contributed by atoms with E-state index in [1.165, 1.54) is 7.05 Å². The number of anilines is 1. The molecule has 0 radical (unpaired) electrons. The van der Waals surface area contributed by atoms with Gasteiger partial charge in [-0.05, 0) is 48.4 Å². The summed E-state index contributed by atoms with van der Waals surface area (Å²) in [5, 5.41) is 12.2. The Morgan fingerprint density at radius 1 is 1.06 bits per heavy atom. The van der Waals surface area contributed by atoms with E-state index in [2.05, 4.69) is 21.0 Å². The lowest BCUT2D eigenvalue weighted by atomic mass is 9.98. The standard InChI is InChI=1S/C23H27N5O4/c1-5-14(2)20(23(31)24-3)26-22(30)19-11-10-18(32-19)15-6-8-16(9-7-15)25-21(29)17-12-13-28(4)27-17/h6-14,20H,5H2,1-4H3,(H,24,31)(H,25,29)(H,26,30)/t14?,20-/m0/s1. The number of carbonyl (C=O) groups is 3. The molecule has 2 atom stereocenters. The van der Waals surface area contributed by atoms with Crippen LogP contribution in [0.3, 0.4) is 0 Å². The molecule has 168 valence electrons. The third-order valence-electron chi connectivity index (χ3n) is 5.23. The quantitative estimate of drug-likeness (QED) is 0.501. The van der Waals surface area contributed by atoms with Crippen molar-refractivity contribution in [3.05, 3.63) is 60.1 Å². The van der Waals surface area contributed by atoms with Gasteiger partial charge in [-0.15, -0.1) is 0 Å². The highest BCUT2D eigenvalue weighted by molar-refractivity contribution is 6.02. The van der Waals surface area contributed by atoms with Crippen LogP contribution in [0.5, 0.6) is 0 Å². The molecule has 1 aromatic carbocycles. The molecule has 3 rings (SSSR count). The molecular formula is C23H27N5O4. The third-order valence-corrected chi connectivity index (χ3v) is 5.23. The Morgan fingerprint density at radius 3 is 2.38 bits per heavy atom. The number of aromatic nitrogens is 2. The maximum atomic E-state index is 12.6. The Balaban J connectivity index is 1.67. The van der Waals surface area contributed by atoms with Gasteiger partial charge in [-0.25, -0.2) is 0 Å². The average molecular weight is 438 g/mol. The Kier molecular flexibility index (Phi) is 7.09. The fourth-order valence-corrected chi connectivity index (χ4v) is 3.13. The molecule has 9 nitrogen and oxygen atoms in total. The second-order valence-corrected chi connectivity index (χ2v) is 7.52. The van der Waals surface area contributed by atoms with Gasteiger partial charge in [0.25, 0.3) is 11.8 Å². The van der Waals surface area contributed by atoms with Crippen molar-refractivity contribution in [1.29, 1.82) is 0 Å². The molecule has 0 aliphatic carbocycles. The minimum Gasteiger partial charge on any atom is -0.451 e. The van der Waals surface area contributed by atoms with E-state index in [-0.39, 0.29) is 23.5 Å². The van der Waals surface area contributed by atoms with E-state index in [9.17, 15) is 14.4 Å². The van der Waals surface area contributed by atoms with Crippen LogP contribution in [-0.2, 0) is 11.8 Å². The van der Waals surface area contributed by atoms with Gasteiger partial charge < -0.3 is 20.4 Å². The van der Waals surface area contributed by atoms with Gasteiger partial charge in [0.05, 0.1) is 0 Å². The smallest absolute Gasteiger partial charge is 0.287 e. The summed E-state index contributed by atoms with van der Waals surface area (Å²) in [4.78, 5) is 36.9. The number of hydrogen-bond acceptors (Lipinski definition) is 5. The Labute approximate surface area is 186 Å². The minimum absolute atomic E-state index is 0.0258. The number of likely N-dealkylation sites (N-methyl/N-ethyl adjacent to an activating group) is 1. The first-order chi connectivity index (χ1) is 15.3. The van der Waals surface area contributed by atoms with Gasteiger partial charge >= 0.3 is 0 Å². The lowest BCUT2D eigenvalue weighted by Crippen LogP contribution is -2.49. The number of rotatable bonds is 8. The van der Waals surface area contributed by atoms with Crippen LogP contribution >= 0.6 is 0 Å². The van der Waals surface area contributed by atoms with Gasteiger partial charge in [0.2, 0.25) is 5.91 Å². The number of benzene rings is 1. The Morgan fingerprint density at radius 2 is 1.78 bits per heavy atom. The van der Waals surface area contributed by atoms with Crippen LogP contribution in [0, 0.1) is 5.92 Å². The lowest BCUT2D eigenvalue weighted by Gasteiger charge is -2.22. The van der Waals surface area contributed by atoms with Gasteiger partial charge in [-0.1, -0.05) is 20.3 Å². The van der Waals surface area contributed by atoms with Crippen LogP contribution in [0.15, 0.2) is 53.1 Å². The highest BCUT2D eigenvalue weighted by atomic mass is 16.4. The van der Waals surface area contributed by atoms with E-state index in [1.807, 2.05) is 13.8 Å². The topological polar surface area (TPSA) is 118 Å². The van der Waals surface area contributed by atoms with E-state index in [4.69, 9.17) is 4.42 Å². The van der Waals surface area contributed by atoms with Gasteiger partial charge in [-0.2, -0.15) is 5.10 Å². The molecule has 0 saturated heterocycles. The summed E-state index contributed by atoms with van der Waals surface area (Å²) in [6.07, 6.45) is 2.44. The zero-order valence-electron chi connectivity index (χ0n) is 18.5. The van der Waals surface area contributed by atoms with Crippen LogP contribution in [0.4, 0.5) is 5.69 Å². The molecule has 2 heterocycles. The predicted octanol–water partition coefficient (Wildman–Crippen LogP) is 2.82. The molecule has 0 saturated carbocycles. The average Bonchev–Trinajstić information content (AvgIpc) is 3.46. The molecule has 0 aliphatic rings. The molecule has 2 aromatic heterocycles. The fourth-order valence-electron chi connectivity index (χ4n) is 3.13. The minimum atomic E-state index is -0.645. The second-order valence-electron chi connectivity index (χ2n) is 7.52. The zero-order chi connectivity index (χ0) is 23.3. The largest absolute Gasteiger partial charge is 0.451 e. The molecule has 3 aromatic rings. The predicted molar refractivity (Wildman–Crippen MR) is 120 cm³/mol. The van der Waals surface area contributed by atoms with Crippen LogP contribution in [0.1, 0.15) is 41.3 Å². The van der Waals surface area contributed by atoms with Gasteiger partial charge in [0, 0.05) is 31.5 Å². The first-order valence-electron chi connectivity index (χ1n) is 10.4. The summed E-state index contributed by atoms with van der Waals surface area (Å²) in [6.45, 7) is 3.86. The van der Waals surface area contributed by atoms with Crippen LogP contribution < -0.4 is 16.0 Å². The lowest BCUT2D eigenvalue weighted by molar-refractivity contribution is -0.123. The van der Waals surface area contributed by atoms with Crippen molar-refractivity contribution in [2.24, 2.45) is 13.0 Å².